The molecule has 2 heterocycles. The highest BCUT2D eigenvalue weighted by Crippen LogP contribution is 2.33. The molecule has 0 aliphatic carbocycles. The Bertz CT molecular complexity index is 430. The molecule has 2 atom stereocenters. The summed E-state index contributed by atoms with van der Waals surface area (Å²) < 4.78 is 38.3. The minimum Gasteiger partial charge on any atom is -0.340 e. The van der Waals surface area contributed by atoms with Crippen molar-refractivity contribution >= 4 is 5.95 Å². The van der Waals surface area contributed by atoms with E-state index < -0.39 is 12.1 Å². The zero-order chi connectivity index (χ0) is 14.8. The topological polar surface area (TPSA) is 55.0 Å². The minimum absolute atomic E-state index is 0.00838. The van der Waals surface area contributed by atoms with E-state index in [1.807, 2.05) is 6.92 Å². The Kier molecular flexibility index (Phi) is 4.47. The summed E-state index contributed by atoms with van der Waals surface area (Å²) in [6.45, 7) is 2.39. The molecule has 1 fully saturated rings. The molecule has 0 spiro atoms. The van der Waals surface area contributed by atoms with Crippen molar-refractivity contribution in [2.45, 2.75) is 38.4 Å². The highest BCUT2D eigenvalue weighted by Gasteiger charge is 2.42. The van der Waals surface area contributed by atoms with Crippen molar-refractivity contribution in [1.82, 2.24) is 9.97 Å². The second kappa shape index (κ2) is 5.95. The Morgan fingerprint density at radius 2 is 2.05 bits per heavy atom. The molecule has 2 rings (SSSR count). The van der Waals surface area contributed by atoms with Crippen LogP contribution in [0.1, 0.15) is 25.3 Å². The van der Waals surface area contributed by atoms with Gasteiger partial charge in [-0.2, -0.15) is 13.2 Å². The van der Waals surface area contributed by atoms with Gasteiger partial charge in [0.15, 0.2) is 0 Å². The van der Waals surface area contributed by atoms with Crippen LogP contribution in [0, 0.1) is 5.92 Å². The van der Waals surface area contributed by atoms with Crippen molar-refractivity contribution in [3.8, 4) is 0 Å². The number of rotatable bonds is 3. The number of piperidine rings is 1. The first kappa shape index (κ1) is 15.0. The lowest BCUT2D eigenvalue weighted by atomic mass is 9.98. The number of aromatic nitrogens is 2. The molecule has 2 unspecified atom stereocenters. The third kappa shape index (κ3) is 3.82. The van der Waals surface area contributed by atoms with Crippen LogP contribution in [0.15, 0.2) is 12.4 Å². The SMILES string of the molecule is CC(N)Cc1cnc(N2CCCC(C(F)(F)F)C2)nc1. The molecule has 0 amide bonds. The number of alkyl halides is 3. The fraction of sp³-hybridized carbons (Fsp3) is 0.692. The summed E-state index contributed by atoms with van der Waals surface area (Å²) in [5, 5.41) is 0. The number of hydrogen-bond acceptors (Lipinski definition) is 4. The molecule has 1 aromatic heterocycles. The Morgan fingerprint density at radius 3 is 2.60 bits per heavy atom. The molecule has 112 valence electrons. The number of anilines is 1. The lowest BCUT2D eigenvalue weighted by Gasteiger charge is -2.33. The molecular weight excluding hydrogens is 269 g/mol. The molecule has 7 heteroatoms. The molecule has 1 aliphatic rings. The van der Waals surface area contributed by atoms with Gasteiger partial charge in [-0.25, -0.2) is 9.97 Å². The third-order valence-corrected chi connectivity index (χ3v) is 3.42. The standard InChI is InChI=1S/C13H19F3N4/c1-9(17)5-10-6-18-12(19-7-10)20-4-2-3-11(8-20)13(14,15)16/h6-7,9,11H,2-5,8,17H2,1H3. The molecule has 2 N–H and O–H groups in total. The average Bonchev–Trinajstić information content (AvgIpc) is 2.38. The number of halogens is 3. The van der Waals surface area contributed by atoms with E-state index in [1.165, 1.54) is 0 Å². The quantitative estimate of drug-likeness (QED) is 0.926. The monoisotopic (exact) mass is 288 g/mol. The lowest BCUT2D eigenvalue weighted by molar-refractivity contribution is -0.176. The van der Waals surface area contributed by atoms with Gasteiger partial charge >= 0.3 is 6.18 Å². The van der Waals surface area contributed by atoms with Crippen molar-refractivity contribution in [3.63, 3.8) is 0 Å². The smallest absolute Gasteiger partial charge is 0.340 e. The van der Waals surface area contributed by atoms with Gasteiger partial charge in [-0.1, -0.05) is 0 Å². The number of hydrogen-bond donors (Lipinski definition) is 1. The van der Waals surface area contributed by atoms with Crippen molar-refractivity contribution < 1.29 is 13.2 Å². The van der Waals surface area contributed by atoms with Gasteiger partial charge in [-0.05, 0) is 31.7 Å². The molecule has 1 aromatic rings. The first-order valence-corrected chi connectivity index (χ1v) is 6.74. The predicted molar refractivity (Wildman–Crippen MR) is 70.4 cm³/mol. The van der Waals surface area contributed by atoms with Crippen molar-refractivity contribution in [2.75, 3.05) is 18.0 Å². The van der Waals surface area contributed by atoms with E-state index in [1.54, 1.807) is 17.3 Å². The lowest BCUT2D eigenvalue weighted by Crippen LogP contribution is -2.42. The van der Waals surface area contributed by atoms with Crippen LogP contribution >= 0.6 is 0 Å². The fourth-order valence-electron chi connectivity index (χ4n) is 2.41. The van der Waals surface area contributed by atoms with Crippen LogP contribution in [0.4, 0.5) is 19.1 Å². The Morgan fingerprint density at radius 1 is 1.40 bits per heavy atom. The Hall–Kier alpha value is -1.37. The highest BCUT2D eigenvalue weighted by atomic mass is 19.4. The molecule has 0 saturated carbocycles. The molecule has 1 aliphatic heterocycles. The summed E-state index contributed by atoms with van der Waals surface area (Å²) in [4.78, 5) is 9.94. The van der Waals surface area contributed by atoms with Crippen LogP contribution in [-0.2, 0) is 6.42 Å². The van der Waals surface area contributed by atoms with Crippen molar-refractivity contribution in [1.29, 1.82) is 0 Å². The van der Waals surface area contributed by atoms with Gasteiger partial charge in [-0.15, -0.1) is 0 Å². The van der Waals surface area contributed by atoms with E-state index >= 15 is 0 Å². The zero-order valence-corrected chi connectivity index (χ0v) is 11.4. The minimum atomic E-state index is -4.15. The van der Waals surface area contributed by atoms with Gasteiger partial charge in [-0.3, -0.25) is 0 Å². The van der Waals surface area contributed by atoms with Gasteiger partial charge in [0.1, 0.15) is 0 Å². The van der Waals surface area contributed by atoms with Gasteiger partial charge in [0.05, 0.1) is 5.92 Å². The van der Waals surface area contributed by atoms with Crippen LogP contribution in [0.2, 0.25) is 0 Å². The fourth-order valence-corrected chi connectivity index (χ4v) is 2.41. The Balaban J connectivity index is 2.04. The predicted octanol–water partition coefficient (Wildman–Crippen LogP) is 2.15. The molecule has 0 bridgehead atoms. The van der Waals surface area contributed by atoms with Gasteiger partial charge < -0.3 is 10.6 Å². The van der Waals surface area contributed by atoms with Crippen LogP contribution < -0.4 is 10.6 Å². The van der Waals surface area contributed by atoms with Crippen LogP contribution in [-0.4, -0.2) is 35.3 Å². The van der Waals surface area contributed by atoms with Crippen molar-refractivity contribution in [2.24, 2.45) is 11.7 Å². The third-order valence-electron chi connectivity index (χ3n) is 3.42. The van der Waals surface area contributed by atoms with Gasteiger partial charge in [0.2, 0.25) is 5.95 Å². The summed E-state index contributed by atoms with van der Waals surface area (Å²) in [6, 6.07) is 0.00838. The summed E-state index contributed by atoms with van der Waals surface area (Å²) in [5.74, 6) is -0.920. The summed E-state index contributed by atoms with van der Waals surface area (Å²) in [5.41, 5.74) is 6.58. The molecular formula is C13H19F3N4. The van der Waals surface area contributed by atoms with Gasteiger partial charge in [0.25, 0.3) is 0 Å². The Labute approximate surface area is 116 Å². The molecule has 0 aromatic carbocycles. The largest absolute Gasteiger partial charge is 0.393 e. The second-order valence-electron chi connectivity index (χ2n) is 5.40. The van der Waals surface area contributed by atoms with E-state index in [4.69, 9.17) is 5.73 Å². The first-order valence-electron chi connectivity index (χ1n) is 6.74. The molecule has 20 heavy (non-hydrogen) atoms. The maximum Gasteiger partial charge on any atom is 0.393 e. The van der Waals surface area contributed by atoms with Crippen LogP contribution in [0.5, 0.6) is 0 Å². The maximum absolute atomic E-state index is 12.8. The number of nitrogens with two attached hydrogens (primary N) is 1. The van der Waals surface area contributed by atoms with E-state index in [9.17, 15) is 13.2 Å². The van der Waals surface area contributed by atoms with E-state index in [2.05, 4.69) is 9.97 Å². The zero-order valence-electron chi connectivity index (χ0n) is 11.4. The van der Waals surface area contributed by atoms with Crippen molar-refractivity contribution in [3.05, 3.63) is 18.0 Å². The first-order chi connectivity index (χ1) is 9.36. The van der Waals surface area contributed by atoms with E-state index in [0.29, 0.717) is 25.3 Å². The molecule has 1 saturated heterocycles. The maximum atomic E-state index is 12.8. The number of nitrogens with zero attached hydrogens (tertiary/aromatic N) is 3. The van der Waals surface area contributed by atoms with Crippen LogP contribution in [0.3, 0.4) is 0 Å². The summed E-state index contributed by atoms with van der Waals surface area (Å²) >= 11 is 0. The second-order valence-corrected chi connectivity index (χ2v) is 5.40. The highest BCUT2D eigenvalue weighted by molar-refractivity contribution is 5.31. The van der Waals surface area contributed by atoms with Gasteiger partial charge in [0, 0.05) is 31.5 Å². The molecule has 4 nitrogen and oxygen atoms in total. The van der Waals surface area contributed by atoms with E-state index in [0.717, 1.165) is 5.56 Å². The summed E-state index contributed by atoms with van der Waals surface area (Å²) in [7, 11) is 0. The average molecular weight is 288 g/mol. The summed E-state index contributed by atoms with van der Waals surface area (Å²) in [6.07, 6.45) is 0.489. The molecule has 0 radical (unpaired) electrons. The van der Waals surface area contributed by atoms with Crippen LogP contribution in [0.25, 0.3) is 0 Å². The van der Waals surface area contributed by atoms with E-state index in [-0.39, 0.29) is 19.0 Å². The normalized spacial score (nSPS) is 21.9.